The third-order valence-corrected chi connectivity index (χ3v) is 4.16. The molecule has 0 spiro atoms. The van der Waals surface area contributed by atoms with Crippen LogP contribution in [0, 0.1) is 0 Å². The minimum atomic E-state index is 0.0620. The van der Waals surface area contributed by atoms with E-state index in [1.54, 1.807) is 12.4 Å². The molecule has 1 atom stereocenters. The van der Waals surface area contributed by atoms with Crippen molar-refractivity contribution in [3.63, 3.8) is 0 Å². The summed E-state index contributed by atoms with van der Waals surface area (Å²) in [5.74, 6) is 0. The van der Waals surface area contributed by atoms with Crippen LogP contribution in [-0.4, -0.2) is 40.0 Å². The molecule has 2 heterocycles. The van der Waals surface area contributed by atoms with Gasteiger partial charge in [-0.15, -0.1) is 0 Å². The van der Waals surface area contributed by atoms with E-state index in [-0.39, 0.29) is 11.6 Å². The van der Waals surface area contributed by atoms with Crippen molar-refractivity contribution >= 4 is 0 Å². The molecular formula is C15H26N4. The van der Waals surface area contributed by atoms with Gasteiger partial charge in [-0.2, -0.15) is 0 Å². The van der Waals surface area contributed by atoms with Gasteiger partial charge in [0.2, 0.25) is 0 Å². The van der Waals surface area contributed by atoms with Crippen molar-refractivity contribution in [1.82, 2.24) is 20.2 Å². The number of hydrogen-bond acceptors (Lipinski definition) is 4. The summed E-state index contributed by atoms with van der Waals surface area (Å²) in [4.78, 5) is 11.3. The maximum Gasteiger partial charge on any atom is 0.0774 e. The normalized spacial score (nSPS) is 19.3. The van der Waals surface area contributed by atoms with Crippen LogP contribution >= 0.6 is 0 Å². The molecule has 4 heteroatoms. The summed E-state index contributed by atoms with van der Waals surface area (Å²) < 4.78 is 0. The second-order valence-electron chi connectivity index (χ2n) is 5.82. The van der Waals surface area contributed by atoms with Crippen LogP contribution in [0.25, 0.3) is 0 Å². The van der Waals surface area contributed by atoms with Gasteiger partial charge < -0.3 is 5.32 Å². The first kappa shape index (κ1) is 14.4. The lowest BCUT2D eigenvalue weighted by Crippen LogP contribution is -2.54. The van der Waals surface area contributed by atoms with E-state index in [0.717, 1.165) is 12.2 Å². The summed E-state index contributed by atoms with van der Waals surface area (Å²) in [6.07, 6.45) is 9.39. The van der Waals surface area contributed by atoms with Crippen molar-refractivity contribution in [3.05, 3.63) is 24.3 Å². The highest BCUT2D eigenvalue weighted by atomic mass is 15.2. The Kier molecular flexibility index (Phi) is 4.88. The lowest BCUT2D eigenvalue weighted by molar-refractivity contribution is 0.0598. The highest BCUT2D eigenvalue weighted by Crippen LogP contribution is 2.31. The van der Waals surface area contributed by atoms with Crippen molar-refractivity contribution < 1.29 is 0 Å². The average molecular weight is 262 g/mol. The van der Waals surface area contributed by atoms with Crippen LogP contribution in [0.3, 0.4) is 0 Å². The van der Waals surface area contributed by atoms with E-state index in [1.807, 2.05) is 6.20 Å². The van der Waals surface area contributed by atoms with Gasteiger partial charge in [-0.25, -0.2) is 0 Å². The Morgan fingerprint density at radius 1 is 1.26 bits per heavy atom. The summed E-state index contributed by atoms with van der Waals surface area (Å²) in [5, 5.41) is 3.59. The first-order valence-electron chi connectivity index (χ1n) is 7.40. The van der Waals surface area contributed by atoms with E-state index in [0.29, 0.717) is 0 Å². The Balaban J connectivity index is 2.21. The molecule has 0 amide bonds. The van der Waals surface area contributed by atoms with Crippen molar-refractivity contribution in [2.75, 3.05) is 19.6 Å². The van der Waals surface area contributed by atoms with Gasteiger partial charge in [0.05, 0.1) is 17.9 Å². The smallest absolute Gasteiger partial charge is 0.0774 e. The number of aromatic nitrogens is 2. The topological polar surface area (TPSA) is 41.1 Å². The molecule has 0 aromatic carbocycles. The first-order chi connectivity index (χ1) is 9.16. The minimum absolute atomic E-state index is 0.0620. The fraction of sp³-hybridized carbons (Fsp3) is 0.733. The Labute approximate surface area is 116 Å². The zero-order valence-electron chi connectivity index (χ0n) is 12.4. The van der Waals surface area contributed by atoms with Gasteiger partial charge in [0.25, 0.3) is 0 Å². The lowest BCUT2D eigenvalue weighted by atomic mass is 9.88. The van der Waals surface area contributed by atoms with Gasteiger partial charge in [-0.1, -0.05) is 13.3 Å². The molecule has 1 aliphatic rings. The molecule has 1 aromatic rings. The minimum Gasteiger partial charge on any atom is -0.307 e. The highest BCUT2D eigenvalue weighted by molar-refractivity contribution is 5.11. The van der Waals surface area contributed by atoms with Crippen molar-refractivity contribution in [1.29, 1.82) is 0 Å². The van der Waals surface area contributed by atoms with Crippen molar-refractivity contribution in [2.45, 2.75) is 51.6 Å². The third kappa shape index (κ3) is 3.31. The molecule has 0 bridgehead atoms. The maximum atomic E-state index is 4.51. The summed E-state index contributed by atoms with van der Waals surface area (Å²) >= 11 is 0. The lowest BCUT2D eigenvalue weighted by Gasteiger charge is -2.45. The zero-order chi connectivity index (χ0) is 13.7. The summed E-state index contributed by atoms with van der Waals surface area (Å²) in [6, 6.07) is 0.226. The average Bonchev–Trinajstić information content (AvgIpc) is 2.46. The maximum absolute atomic E-state index is 4.51. The van der Waals surface area contributed by atoms with Gasteiger partial charge >= 0.3 is 0 Å². The summed E-state index contributed by atoms with van der Waals surface area (Å²) in [7, 11) is 0. The van der Waals surface area contributed by atoms with Gasteiger partial charge in [0.15, 0.2) is 0 Å². The Hall–Kier alpha value is -1.00. The number of nitrogens with zero attached hydrogens (tertiary/aromatic N) is 3. The van der Waals surface area contributed by atoms with Crippen LogP contribution in [0.5, 0.6) is 0 Å². The number of piperidine rings is 1. The predicted octanol–water partition coefficient (Wildman–Crippen LogP) is 2.39. The fourth-order valence-corrected chi connectivity index (χ4v) is 3.03. The van der Waals surface area contributed by atoms with Crippen LogP contribution < -0.4 is 5.32 Å². The number of likely N-dealkylation sites (N-methyl/N-ethyl adjacent to an activating group) is 1. The molecule has 1 aliphatic heterocycles. The van der Waals surface area contributed by atoms with Crippen molar-refractivity contribution in [2.24, 2.45) is 0 Å². The van der Waals surface area contributed by atoms with Gasteiger partial charge in [0.1, 0.15) is 0 Å². The predicted molar refractivity (Wildman–Crippen MR) is 78.0 cm³/mol. The SMILES string of the molecule is CCNC(c1cnccn1)C(C)(C)N1CCCCC1. The van der Waals surface area contributed by atoms with E-state index < -0.39 is 0 Å². The largest absolute Gasteiger partial charge is 0.307 e. The standard InChI is InChI=1S/C15H26N4/c1-4-17-14(13-12-16-8-9-18-13)15(2,3)19-10-6-5-7-11-19/h8-9,12,14,17H,4-7,10-11H2,1-3H3. The fourth-order valence-electron chi connectivity index (χ4n) is 3.03. The second-order valence-corrected chi connectivity index (χ2v) is 5.82. The van der Waals surface area contributed by atoms with Gasteiger partial charge in [-0.05, 0) is 46.3 Å². The van der Waals surface area contributed by atoms with E-state index in [1.165, 1.54) is 32.4 Å². The van der Waals surface area contributed by atoms with Crippen LogP contribution in [0.1, 0.15) is 51.8 Å². The van der Waals surface area contributed by atoms with E-state index >= 15 is 0 Å². The number of likely N-dealkylation sites (tertiary alicyclic amines) is 1. The number of rotatable bonds is 5. The molecule has 2 rings (SSSR count). The first-order valence-corrected chi connectivity index (χ1v) is 7.40. The molecule has 1 unspecified atom stereocenters. The van der Waals surface area contributed by atoms with Crippen LogP contribution in [0.15, 0.2) is 18.6 Å². The monoisotopic (exact) mass is 262 g/mol. The molecule has 1 N–H and O–H groups in total. The van der Waals surface area contributed by atoms with Crippen LogP contribution in [0.2, 0.25) is 0 Å². The molecule has 1 saturated heterocycles. The van der Waals surface area contributed by atoms with E-state index in [2.05, 4.69) is 41.0 Å². The number of hydrogen-bond donors (Lipinski definition) is 1. The Morgan fingerprint density at radius 3 is 2.58 bits per heavy atom. The van der Waals surface area contributed by atoms with E-state index in [9.17, 15) is 0 Å². The van der Waals surface area contributed by atoms with Crippen LogP contribution in [0.4, 0.5) is 0 Å². The summed E-state index contributed by atoms with van der Waals surface area (Å²) in [6.45, 7) is 10.1. The molecular weight excluding hydrogens is 236 g/mol. The number of nitrogens with one attached hydrogen (secondary N) is 1. The molecule has 0 saturated carbocycles. The van der Waals surface area contributed by atoms with Crippen molar-refractivity contribution in [3.8, 4) is 0 Å². The van der Waals surface area contributed by atoms with E-state index in [4.69, 9.17) is 0 Å². The van der Waals surface area contributed by atoms with Gasteiger partial charge in [-0.3, -0.25) is 14.9 Å². The summed E-state index contributed by atoms with van der Waals surface area (Å²) in [5.41, 5.74) is 1.10. The van der Waals surface area contributed by atoms with Gasteiger partial charge in [0, 0.05) is 17.9 Å². The second kappa shape index (κ2) is 6.44. The highest BCUT2D eigenvalue weighted by Gasteiger charge is 2.37. The Bertz CT molecular complexity index is 371. The molecule has 1 fully saturated rings. The molecule has 0 radical (unpaired) electrons. The Morgan fingerprint density at radius 2 is 2.00 bits per heavy atom. The quantitative estimate of drug-likeness (QED) is 0.884. The molecule has 4 nitrogen and oxygen atoms in total. The third-order valence-electron chi connectivity index (χ3n) is 4.16. The molecule has 0 aliphatic carbocycles. The zero-order valence-corrected chi connectivity index (χ0v) is 12.4. The van der Waals surface area contributed by atoms with Crippen LogP contribution in [-0.2, 0) is 0 Å². The molecule has 106 valence electrons. The molecule has 19 heavy (non-hydrogen) atoms. The molecule has 1 aromatic heterocycles.